The highest BCUT2D eigenvalue weighted by atomic mass is 35.5. The topological polar surface area (TPSA) is 61.8 Å². The Morgan fingerprint density at radius 3 is 2.94 bits per heavy atom. The van der Waals surface area contributed by atoms with Gasteiger partial charge < -0.3 is 5.32 Å². The van der Waals surface area contributed by atoms with Gasteiger partial charge in [0.2, 0.25) is 0 Å². The van der Waals surface area contributed by atoms with Crippen LogP contribution in [0.1, 0.15) is 12.8 Å². The number of fused-ring (bicyclic) bond motifs is 1. The van der Waals surface area contributed by atoms with E-state index >= 15 is 0 Å². The largest absolute Gasteiger partial charge is 0.344 e. The van der Waals surface area contributed by atoms with E-state index in [1.165, 1.54) is 6.34 Å². The van der Waals surface area contributed by atoms with Crippen molar-refractivity contribution >= 4 is 50.2 Å². The predicted molar refractivity (Wildman–Crippen MR) is 65.0 cm³/mol. The zero-order valence-electron chi connectivity index (χ0n) is 8.05. The third-order valence-electron chi connectivity index (χ3n) is 2.41. The van der Waals surface area contributed by atoms with Crippen molar-refractivity contribution < 1.29 is 8.42 Å². The van der Waals surface area contributed by atoms with Crippen LogP contribution < -0.4 is 9.74 Å². The van der Waals surface area contributed by atoms with E-state index in [9.17, 15) is 8.42 Å². The maximum absolute atomic E-state index is 11.6. The van der Waals surface area contributed by atoms with Gasteiger partial charge in [-0.05, 0) is 18.9 Å². The zero-order chi connectivity index (χ0) is 11.3. The monoisotopic (exact) mass is 277 g/mol. The maximum Gasteiger partial charge on any atom is 0.295 e. The highest BCUT2D eigenvalue weighted by molar-refractivity contribution is 7.92. The van der Waals surface area contributed by atoms with Gasteiger partial charge in [0.1, 0.15) is 11.3 Å². The number of sulfonamides is 1. The van der Waals surface area contributed by atoms with Crippen LogP contribution in [-0.2, 0) is 10.0 Å². The lowest BCUT2D eigenvalue weighted by atomic mass is 10.5. The molecule has 8 heteroatoms. The van der Waals surface area contributed by atoms with Crippen LogP contribution in [0.3, 0.4) is 0 Å². The maximum atomic E-state index is 11.6. The highest BCUT2D eigenvalue weighted by Crippen LogP contribution is 2.43. The van der Waals surface area contributed by atoms with Crippen LogP contribution in [-0.4, -0.2) is 20.8 Å². The van der Waals surface area contributed by atoms with Gasteiger partial charge in [0.25, 0.3) is 10.0 Å². The molecule has 1 aliphatic carbocycles. The average Bonchev–Trinajstić information content (AvgIpc) is 2.96. The Morgan fingerprint density at radius 2 is 2.31 bits per heavy atom. The van der Waals surface area contributed by atoms with E-state index in [-0.39, 0.29) is 4.21 Å². The molecule has 1 aromatic heterocycles. The quantitative estimate of drug-likeness (QED) is 0.840. The summed E-state index contributed by atoms with van der Waals surface area (Å²) in [6.45, 7) is 0. The number of thiophene rings is 1. The van der Waals surface area contributed by atoms with Crippen LogP contribution in [0.15, 0.2) is 14.7 Å². The smallest absolute Gasteiger partial charge is 0.295 e. The molecule has 0 unspecified atom stereocenters. The summed E-state index contributed by atoms with van der Waals surface area (Å²) in [6, 6.07) is 2.08. The van der Waals surface area contributed by atoms with Crippen molar-refractivity contribution in [2.75, 3.05) is 9.74 Å². The van der Waals surface area contributed by atoms with Crippen LogP contribution in [0, 0.1) is 0 Å². The van der Waals surface area contributed by atoms with Gasteiger partial charge >= 0.3 is 0 Å². The summed E-state index contributed by atoms with van der Waals surface area (Å²) >= 11 is 7.25. The highest BCUT2D eigenvalue weighted by Gasteiger charge is 2.32. The molecule has 0 radical (unpaired) electrons. The van der Waals surface area contributed by atoms with Crippen molar-refractivity contribution in [3.63, 3.8) is 0 Å². The number of nitrogens with zero attached hydrogens (tertiary/aromatic N) is 2. The summed E-state index contributed by atoms with van der Waals surface area (Å²) in [5, 5.41) is 3.55. The van der Waals surface area contributed by atoms with Crippen molar-refractivity contribution in [1.82, 2.24) is 0 Å². The minimum atomic E-state index is -3.52. The molecule has 0 atom stereocenters. The summed E-state index contributed by atoms with van der Waals surface area (Å²) in [6.07, 6.45) is 3.30. The van der Waals surface area contributed by atoms with E-state index in [4.69, 9.17) is 11.8 Å². The van der Waals surface area contributed by atoms with Gasteiger partial charge in [-0.2, -0.15) is 8.42 Å². The minimum absolute atomic E-state index is 0.233. The molecule has 1 saturated carbocycles. The minimum Gasteiger partial charge on any atom is -0.344 e. The molecule has 2 aliphatic rings. The summed E-state index contributed by atoms with van der Waals surface area (Å²) in [5.74, 6) is 0. The Bertz CT molecular complexity index is 562. The van der Waals surface area contributed by atoms with Gasteiger partial charge in [0.05, 0.1) is 5.69 Å². The fraction of sp³-hybridized carbons (Fsp3) is 0.375. The zero-order valence-corrected chi connectivity index (χ0v) is 10.4. The molecule has 0 saturated heterocycles. The third kappa shape index (κ3) is 1.59. The van der Waals surface area contributed by atoms with Crippen LogP contribution in [0.2, 0.25) is 0 Å². The van der Waals surface area contributed by atoms with Gasteiger partial charge in [-0.1, -0.05) is 0 Å². The lowest BCUT2D eigenvalue weighted by Gasteiger charge is -2.10. The molecule has 0 spiro atoms. The van der Waals surface area contributed by atoms with Crippen molar-refractivity contribution in [3.05, 3.63) is 6.07 Å². The van der Waals surface area contributed by atoms with Crippen molar-refractivity contribution in [1.29, 1.82) is 0 Å². The third-order valence-corrected chi connectivity index (χ3v) is 5.85. The Balaban J connectivity index is 2.03. The predicted octanol–water partition coefficient (Wildman–Crippen LogP) is 2.01. The molecule has 0 bridgehead atoms. The Morgan fingerprint density at radius 1 is 1.56 bits per heavy atom. The molecule has 1 aliphatic heterocycles. The lowest BCUT2D eigenvalue weighted by Crippen LogP contribution is -2.10. The first kappa shape index (κ1) is 10.4. The molecule has 5 nitrogen and oxygen atoms in total. The standard InChI is InChI=1S/C8H8ClN3O2S2/c9-12(5-1-2-5)7-3-6-8(15-7)16(13,14)11-4-10-6/h3-5H,1-2H2,(H,10,11). The summed E-state index contributed by atoms with van der Waals surface area (Å²) in [4.78, 5) is 0. The lowest BCUT2D eigenvalue weighted by molar-refractivity contribution is 0.600. The van der Waals surface area contributed by atoms with Gasteiger partial charge in [0.15, 0.2) is 4.21 Å². The molecule has 3 rings (SSSR count). The van der Waals surface area contributed by atoms with Gasteiger partial charge in [-0.15, -0.1) is 15.7 Å². The van der Waals surface area contributed by atoms with Crippen molar-refractivity contribution in [3.8, 4) is 0 Å². The van der Waals surface area contributed by atoms with E-state index in [1.54, 1.807) is 10.5 Å². The molecule has 86 valence electrons. The number of hydrogen-bond donors (Lipinski definition) is 1. The molecular formula is C8H8ClN3O2S2. The molecule has 16 heavy (non-hydrogen) atoms. The number of halogens is 1. The molecule has 2 heterocycles. The molecule has 1 N–H and O–H groups in total. The van der Waals surface area contributed by atoms with Crippen LogP contribution in [0.5, 0.6) is 0 Å². The number of rotatable bonds is 2. The Kier molecular flexibility index (Phi) is 2.17. The second-order valence-corrected chi connectivity index (χ2v) is 6.90. The normalized spacial score (nSPS) is 21.3. The van der Waals surface area contributed by atoms with Crippen molar-refractivity contribution in [2.45, 2.75) is 23.1 Å². The molecule has 0 amide bonds. The average molecular weight is 278 g/mol. The number of anilines is 2. The van der Waals surface area contributed by atoms with Crippen molar-refractivity contribution in [2.24, 2.45) is 4.40 Å². The van der Waals surface area contributed by atoms with E-state index in [0.717, 1.165) is 29.2 Å². The van der Waals surface area contributed by atoms with E-state index in [1.807, 2.05) is 0 Å². The van der Waals surface area contributed by atoms with E-state index in [2.05, 4.69) is 9.71 Å². The van der Waals surface area contributed by atoms with Gasteiger partial charge in [0, 0.05) is 17.8 Å². The van der Waals surface area contributed by atoms with Gasteiger partial charge in [-0.3, -0.25) is 4.42 Å². The van der Waals surface area contributed by atoms with E-state index in [0.29, 0.717) is 11.7 Å². The first-order valence-electron chi connectivity index (χ1n) is 4.72. The number of nitrogens with one attached hydrogen (secondary N) is 1. The Hall–Kier alpha value is -0.790. The van der Waals surface area contributed by atoms with Crippen LogP contribution in [0.4, 0.5) is 10.7 Å². The molecule has 0 aromatic carbocycles. The second-order valence-electron chi connectivity index (χ2n) is 3.68. The summed E-state index contributed by atoms with van der Waals surface area (Å²) < 4.78 is 28.5. The fourth-order valence-corrected chi connectivity index (χ4v) is 4.12. The fourth-order valence-electron chi connectivity index (χ4n) is 1.45. The first-order chi connectivity index (χ1) is 7.58. The summed E-state index contributed by atoms with van der Waals surface area (Å²) in [5.41, 5.74) is 0.557. The second kappa shape index (κ2) is 3.35. The van der Waals surface area contributed by atoms with Crippen LogP contribution in [0.25, 0.3) is 0 Å². The summed E-state index contributed by atoms with van der Waals surface area (Å²) in [7, 11) is -3.52. The number of hydrogen-bond acceptors (Lipinski definition) is 5. The van der Waals surface area contributed by atoms with Crippen LogP contribution >= 0.6 is 23.1 Å². The molecule has 1 fully saturated rings. The molecular weight excluding hydrogens is 270 g/mol. The SMILES string of the molecule is O=S1(=O)N=CNc2cc(N(Cl)C3CC3)sc21. The molecule has 1 aromatic rings. The first-order valence-corrected chi connectivity index (χ1v) is 7.31. The van der Waals surface area contributed by atoms with Gasteiger partial charge in [-0.25, -0.2) is 0 Å². The Labute approximate surface area is 102 Å². The van der Waals surface area contributed by atoms with E-state index < -0.39 is 10.0 Å².